The van der Waals surface area contributed by atoms with Crippen molar-refractivity contribution < 1.29 is 0 Å². The maximum atomic E-state index is 4.61. The van der Waals surface area contributed by atoms with Crippen LogP contribution in [-0.2, 0) is 0 Å². The maximum absolute atomic E-state index is 4.61. The van der Waals surface area contributed by atoms with E-state index in [1.807, 2.05) is 20.0 Å². The van der Waals surface area contributed by atoms with E-state index >= 15 is 0 Å². The summed E-state index contributed by atoms with van der Waals surface area (Å²) in [6, 6.07) is 6.32. The molecule has 0 atom stereocenters. The van der Waals surface area contributed by atoms with Crippen molar-refractivity contribution in [3.8, 4) is 11.3 Å². The Labute approximate surface area is 108 Å². The second-order valence-electron chi connectivity index (χ2n) is 4.50. The highest BCUT2D eigenvalue weighted by Crippen LogP contribution is 2.26. The van der Waals surface area contributed by atoms with E-state index < -0.39 is 0 Å². The van der Waals surface area contributed by atoms with Crippen molar-refractivity contribution >= 4 is 5.95 Å². The van der Waals surface area contributed by atoms with Crippen molar-refractivity contribution in [2.75, 3.05) is 11.9 Å². The van der Waals surface area contributed by atoms with Crippen LogP contribution in [0.2, 0.25) is 0 Å². The monoisotopic (exact) mass is 241 g/mol. The highest BCUT2D eigenvalue weighted by molar-refractivity contribution is 5.68. The summed E-state index contributed by atoms with van der Waals surface area (Å²) >= 11 is 0. The van der Waals surface area contributed by atoms with Crippen molar-refractivity contribution in [2.45, 2.75) is 27.7 Å². The Morgan fingerprint density at radius 2 is 1.89 bits per heavy atom. The molecule has 0 radical (unpaired) electrons. The van der Waals surface area contributed by atoms with Gasteiger partial charge in [-0.15, -0.1) is 0 Å². The normalized spacial score (nSPS) is 10.4. The van der Waals surface area contributed by atoms with Gasteiger partial charge in [0.1, 0.15) is 0 Å². The Kier molecular flexibility index (Phi) is 3.60. The van der Waals surface area contributed by atoms with Crippen LogP contribution in [0.5, 0.6) is 0 Å². The van der Waals surface area contributed by atoms with Gasteiger partial charge in [-0.25, -0.2) is 9.97 Å². The molecule has 0 bridgehead atoms. The second-order valence-corrected chi connectivity index (χ2v) is 4.50. The number of hydrogen-bond donors (Lipinski definition) is 1. The van der Waals surface area contributed by atoms with E-state index in [-0.39, 0.29) is 0 Å². The van der Waals surface area contributed by atoms with Crippen LogP contribution in [0.3, 0.4) is 0 Å². The molecular formula is C15H19N3. The first-order chi connectivity index (χ1) is 8.63. The number of rotatable bonds is 3. The van der Waals surface area contributed by atoms with Crippen molar-refractivity contribution in [3.05, 3.63) is 41.1 Å². The zero-order valence-electron chi connectivity index (χ0n) is 11.4. The van der Waals surface area contributed by atoms with Crippen LogP contribution in [0.15, 0.2) is 24.4 Å². The molecule has 1 aromatic carbocycles. The first-order valence-corrected chi connectivity index (χ1v) is 6.27. The van der Waals surface area contributed by atoms with Gasteiger partial charge in [-0.2, -0.15) is 0 Å². The van der Waals surface area contributed by atoms with Crippen LogP contribution in [-0.4, -0.2) is 16.5 Å². The molecule has 0 aliphatic heterocycles. The van der Waals surface area contributed by atoms with E-state index in [0.717, 1.165) is 17.8 Å². The van der Waals surface area contributed by atoms with Gasteiger partial charge in [-0.05, 0) is 44.4 Å². The molecule has 3 heteroatoms. The smallest absolute Gasteiger partial charge is 0.223 e. The van der Waals surface area contributed by atoms with Gasteiger partial charge < -0.3 is 5.32 Å². The van der Waals surface area contributed by atoms with Crippen LogP contribution < -0.4 is 5.32 Å². The Morgan fingerprint density at radius 1 is 1.11 bits per heavy atom. The van der Waals surface area contributed by atoms with Crippen molar-refractivity contribution in [1.29, 1.82) is 0 Å². The largest absolute Gasteiger partial charge is 0.354 e. The van der Waals surface area contributed by atoms with Gasteiger partial charge in [-0.3, -0.25) is 0 Å². The third kappa shape index (κ3) is 2.35. The lowest BCUT2D eigenvalue weighted by molar-refractivity contribution is 1.07. The minimum absolute atomic E-state index is 0.694. The lowest BCUT2D eigenvalue weighted by Gasteiger charge is -2.11. The van der Waals surface area contributed by atoms with Crippen LogP contribution in [0.1, 0.15) is 23.6 Å². The molecular weight excluding hydrogens is 222 g/mol. The van der Waals surface area contributed by atoms with E-state index in [0.29, 0.717) is 5.95 Å². The Hall–Kier alpha value is -1.90. The molecule has 3 nitrogen and oxygen atoms in total. The molecule has 0 spiro atoms. The molecule has 0 aliphatic carbocycles. The average Bonchev–Trinajstić information content (AvgIpc) is 2.36. The Balaban J connectivity index is 2.55. The van der Waals surface area contributed by atoms with E-state index in [4.69, 9.17) is 0 Å². The summed E-state index contributed by atoms with van der Waals surface area (Å²) in [6.45, 7) is 9.18. The van der Waals surface area contributed by atoms with Gasteiger partial charge in [0.15, 0.2) is 0 Å². The maximum Gasteiger partial charge on any atom is 0.223 e. The second kappa shape index (κ2) is 5.17. The van der Waals surface area contributed by atoms with Crippen LogP contribution in [0.4, 0.5) is 5.95 Å². The fourth-order valence-corrected chi connectivity index (χ4v) is 1.97. The first-order valence-electron chi connectivity index (χ1n) is 6.27. The van der Waals surface area contributed by atoms with E-state index in [9.17, 15) is 0 Å². The summed E-state index contributed by atoms with van der Waals surface area (Å²) in [4.78, 5) is 8.90. The van der Waals surface area contributed by atoms with E-state index in [1.54, 1.807) is 0 Å². The molecule has 0 aliphatic rings. The third-order valence-electron chi connectivity index (χ3n) is 3.17. The summed E-state index contributed by atoms with van der Waals surface area (Å²) in [5.74, 6) is 0.694. The molecule has 94 valence electrons. The SMILES string of the molecule is CCNc1ncc(C)c(-c2cccc(C)c2C)n1. The lowest BCUT2D eigenvalue weighted by Crippen LogP contribution is -2.04. The van der Waals surface area contributed by atoms with Crippen molar-refractivity contribution in [2.24, 2.45) is 0 Å². The summed E-state index contributed by atoms with van der Waals surface area (Å²) in [7, 11) is 0. The number of benzene rings is 1. The molecule has 2 aromatic rings. The fraction of sp³-hybridized carbons (Fsp3) is 0.333. The van der Waals surface area contributed by atoms with E-state index in [1.165, 1.54) is 16.7 Å². The zero-order valence-corrected chi connectivity index (χ0v) is 11.4. The van der Waals surface area contributed by atoms with Crippen molar-refractivity contribution in [1.82, 2.24) is 9.97 Å². The van der Waals surface area contributed by atoms with Crippen LogP contribution >= 0.6 is 0 Å². The highest BCUT2D eigenvalue weighted by atomic mass is 15.1. The Morgan fingerprint density at radius 3 is 2.61 bits per heavy atom. The number of aryl methyl sites for hydroxylation is 2. The molecule has 2 rings (SSSR count). The number of anilines is 1. The molecule has 0 saturated heterocycles. The summed E-state index contributed by atoms with van der Waals surface area (Å²) in [5.41, 5.74) is 5.87. The summed E-state index contributed by atoms with van der Waals surface area (Å²) in [5, 5.41) is 3.16. The topological polar surface area (TPSA) is 37.8 Å². The van der Waals surface area contributed by atoms with Gasteiger partial charge in [0, 0.05) is 18.3 Å². The zero-order chi connectivity index (χ0) is 13.1. The quantitative estimate of drug-likeness (QED) is 0.893. The van der Waals surface area contributed by atoms with Gasteiger partial charge in [-0.1, -0.05) is 18.2 Å². The number of hydrogen-bond acceptors (Lipinski definition) is 3. The number of aromatic nitrogens is 2. The van der Waals surface area contributed by atoms with Gasteiger partial charge in [0.25, 0.3) is 0 Å². The lowest BCUT2D eigenvalue weighted by atomic mass is 9.99. The highest BCUT2D eigenvalue weighted by Gasteiger charge is 2.09. The van der Waals surface area contributed by atoms with Gasteiger partial charge in [0.05, 0.1) is 5.69 Å². The third-order valence-corrected chi connectivity index (χ3v) is 3.17. The first kappa shape index (κ1) is 12.6. The number of nitrogens with one attached hydrogen (secondary N) is 1. The fourth-order valence-electron chi connectivity index (χ4n) is 1.97. The standard InChI is InChI=1S/C15H19N3/c1-5-16-15-17-9-11(3)14(18-15)13-8-6-7-10(2)12(13)4/h6-9H,5H2,1-4H3,(H,16,17,18). The molecule has 0 unspecified atom stereocenters. The molecule has 1 heterocycles. The average molecular weight is 241 g/mol. The Bertz CT molecular complexity index is 562. The molecule has 0 saturated carbocycles. The minimum Gasteiger partial charge on any atom is -0.354 e. The summed E-state index contributed by atoms with van der Waals surface area (Å²) < 4.78 is 0. The van der Waals surface area contributed by atoms with Crippen LogP contribution in [0, 0.1) is 20.8 Å². The van der Waals surface area contributed by atoms with Crippen molar-refractivity contribution in [3.63, 3.8) is 0 Å². The van der Waals surface area contributed by atoms with Crippen LogP contribution in [0.25, 0.3) is 11.3 Å². The van der Waals surface area contributed by atoms with E-state index in [2.05, 4.69) is 47.3 Å². The molecule has 18 heavy (non-hydrogen) atoms. The molecule has 0 fully saturated rings. The number of nitrogens with zero attached hydrogens (tertiary/aromatic N) is 2. The molecule has 1 aromatic heterocycles. The predicted molar refractivity (Wildman–Crippen MR) is 75.8 cm³/mol. The van der Waals surface area contributed by atoms with Gasteiger partial charge >= 0.3 is 0 Å². The minimum atomic E-state index is 0.694. The molecule has 1 N–H and O–H groups in total. The summed E-state index contributed by atoms with van der Waals surface area (Å²) in [6.07, 6.45) is 1.88. The van der Waals surface area contributed by atoms with Gasteiger partial charge in [0.2, 0.25) is 5.95 Å². The predicted octanol–water partition coefficient (Wildman–Crippen LogP) is 3.50. The molecule has 0 amide bonds.